The van der Waals surface area contributed by atoms with Gasteiger partial charge >= 0.3 is 0 Å². The Morgan fingerprint density at radius 3 is 2.89 bits per heavy atom. The molecule has 1 aromatic carbocycles. The third kappa shape index (κ3) is 3.38. The molecule has 1 heterocycles. The van der Waals surface area contributed by atoms with E-state index in [9.17, 15) is 9.50 Å². The van der Waals surface area contributed by atoms with E-state index in [-0.39, 0.29) is 5.82 Å². The van der Waals surface area contributed by atoms with E-state index >= 15 is 0 Å². The number of nitrogens with one attached hydrogen (secondary N) is 1. The molecule has 0 aliphatic heterocycles. The number of aliphatic hydroxyl groups is 1. The van der Waals surface area contributed by atoms with E-state index in [1.54, 1.807) is 24.3 Å². The highest BCUT2D eigenvalue weighted by atomic mass is 32.1. The van der Waals surface area contributed by atoms with Crippen molar-refractivity contribution in [1.29, 1.82) is 0 Å². The summed E-state index contributed by atoms with van der Waals surface area (Å²) in [5.74, 6) is -0.187. The fourth-order valence-electron chi connectivity index (χ4n) is 1.68. The first-order chi connectivity index (χ1) is 8.66. The quantitative estimate of drug-likeness (QED) is 0.871. The Labute approximate surface area is 110 Å². The minimum Gasteiger partial charge on any atom is -0.387 e. The average Bonchev–Trinajstić information content (AvgIpc) is 2.87. The SMILES string of the molecule is Cc1ccc(CNCC(O)c2ccsc2)cc1F. The molecule has 0 spiro atoms. The largest absolute Gasteiger partial charge is 0.387 e. The van der Waals surface area contributed by atoms with Gasteiger partial charge in [-0.1, -0.05) is 12.1 Å². The van der Waals surface area contributed by atoms with Gasteiger partial charge in [-0.05, 0) is 46.5 Å². The molecule has 1 atom stereocenters. The first kappa shape index (κ1) is 13.2. The molecule has 0 saturated heterocycles. The van der Waals surface area contributed by atoms with E-state index in [4.69, 9.17) is 0 Å². The second-order valence-corrected chi connectivity index (χ2v) is 5.07. The molecular formula is C14H16FNOS. The maximum Gasteiger partial charge on any atom is 0.126 e. The predicted octanol–water partition coefficient (Wildman–Crippen LogP) is 3.02. The molecule has 18 heavy (non-hydrogen) atoms. The van der Waals surface area contributed by atoms with Crippen LogP contribution in [0.2, 0.25) is 0 Å². The third-order valence-electron chi connectivity index (χ3n) is 2.83. The second-order valence-electron chi connectivity index (χ2n) is 4.29. The number of hydrogen-bond donors (Lipinski definition) is 2. The number of hydrogen-bond acceptors (Lipinski definition) is 3. The molecule has 96 valence electrons. The van der Waals surface area contributed by atoms with Crippen LogP contribution in [-0.2, 0) is 6.54 Å². The molecule has 2 N–H and O–H groups in total. The van der Waals surface area contributed by atoms with Crippen molar-refractivity contribution in [3.63, 3.8) is 0 Å². The van der Waals surface area contributed by atoms with Gasteiger partial charge in [-0.2, -0.15) is 11.3 Å². The second kappa shape index (κ2) is 6.09. The van der Waals surface area contributed by atoms with Crippen LogP contribution in [0.25, 0.3) is 0 Å². The highest BCUT2D eigenvalue weighted by Gasteiger charge is 2.07. The molecular weight excluding hydrogens is 249 g/mol. The molecule has 2 nitrogen and oxygen atoms in total. The minimum absolute atomic E-state index is 0.187. The summed E-state index contributed by atoms with van der Waals surface area (Å²) in [6.07, 6.45) is -0.508. The Hall–Kier alpha value is -1.23. The summed E-state index contributed by atoms with van der Waals surface area (Å²) < 4.78 is 13.3. The van der Waals surface area contributed by atoms with E-state index in [0.29, 0.717) is 18.7 Å². The van der Waals surface area contributed by atoms with E-state index in [1.165, 1.54) is 6.07 Å². The first-order valence-electron chi connectivity index (χ1n) is 5.82. The van der Waals surface area contributed by atoms with Gasteiger partial charge in [0.1, 0.15) is 5.82 Å². The van der Waals surface area contributed by atoms with Crippen molar-refractivity contribution >= 4 is 11.3 Å². The molecule has 0 amide bonds. The fourth-order valence-corrected chi connectivity index (χ4v) is 2.39. The molecule has 2 aromatic rings. The van der Waals surface area contributed by atoms with E-state index in [1.807, 2.05) is 22.9 Å². The third-order valence-corrected chi connectivity index (χ3v) is 3.53. The van der Waals surface area contributed by atoms with Gasteiger partial charge in [0.05, 0.1) is 6.10 Å². The Morgan fingerprint density at radius 1 is 1.39 bits per heavy atom. The van der Waals surface area contributed by atoms with Gasteiger partial charge in [-0.15, -0.1) is 0 Å². The van der Waals surface area contributed by atoms with Crippen LogP contribution >= 0.6 is 11.3 Å². The summed E-state index contributed by atoms with van der Waals surface area (Å²) in [6.45, 7) is 2.76. The molecule has 2 rings (SSSR count). The number of rotatable bonds is 5. The van der Waals surface area contributed by atoms with Crippen LogP contribution in [0, 0.1) is 12.7 Å². The number of aryl methyl sites for hydroxylation is 1. The zero-order valence-electron chi connectivity index (χ0n) is 10.2. The smallest absolute Gasteiger partial charge is 0.126 e. The first-order valence-corrected chi connectivity index (χ1v) is 6.77. The number of benzene rings is 1. The van der Waals surface area contributed by atoms with Gasteiger partial charge in [0, 0.05) is 13.1 Å². The van der Waals surface area contributed by atoms with Gasteiger partial charge in [0.2, 0.25) is 0 Å². The number of thiophene rings is 1. The van der Waals surface area contributed by atoms with E-state index < -0.39 is 6.10 Å². The maximum atomic E-state index is 13.3. The number of halogens is 1. The van der Waals surface area contributed by atoms with E-state index in [2.05, 4.69) is 5.32 Å². The van der Waals surface area contributed by atoms with Crippen LogP contribution < -0.4 is 5.32 Å². The molecule has 0 fully saturated rings. The van der Waals surface area contributed by atoms with Crippen molar-refractivity contribution in [2.45, 2.75) is 19.6 Å². The molecule has 0 bridgehead atoms. The molecule has 0 aliphatic carbocycles. The van der Waals surface area contributed by atoms with Crippen LogP contribution in [-0.4, -0.2) is 11.7 Å². The van der Waals surface area contributed by atoms with Crippen molar-refractivity contribution in [3.05, 3.63) is 57.5 Å². The van der Waals surface area contributed by atoms with Crippen LogP contribution in [0.1, 0.15) is 22.8 Å². The Bertz CT molecular complexity index is 499. The standard InChI is InChI=1S/C14H16FNOS/c1-10-2-3-11(6-13(10)15)7-16-8-14(17)12-4-5-18-9-12/h2-6,9,14,16-17H,7-8H2,1H3. The van der Waals surface area contributed by atoms with Crippen molar-refractivity contribution in [1.82, 2.24) is 5.32 Å². The summed E-state index contributed by atoms with van der Waals surface area (Å²) >= 11 is 1.56. The molecule has 4 heteroatoms. The van der Waals surface area contributed by atoms with Gasteiger partial charge in [0.25, 0.3) is 0 Å². The Kier molecular flexibility index (Phi) is 4.47. The summed E-state index contributed by atoms with van der Waals surface area (Å²) in [4.78, 5) is 0. The Morgan fingerprint density at radius 2 is 2.22 bits per heavy atom. The Balaban J connectivity index is 1.83. The van der Waals surface area contributed by atoms with Crippen molar-refractivity contribution in [2.24, 2.45) is 0 Å². The zero-order valence-corrected chi connectivity index (χ0v) is 11.0. The molecule has 1 unspecified atom stereocenters. The molecule has 0 aliphatic rings. The van der Waals surface area contributed by atoms with E-state index in [0.717, 1.165) is 11.1 Å². The summed E-state index contributed by atoms with van der Waals surface area (Å²) in [5, 5.41) is 16.8. The van der Waals surface area contributed by atoms with Gasteiger partial charge in [-0.25, -0.2) is 4.39 Å². The lowest BCUT2D eigenvalue weighted by Crippen LogP contribution is -2.20. The average molecular weight is 265 g/mol. The topological polar surface area (TPSA) is 32.3 Å². The molecule has 0 radical (unpaired) electrons. The minimum atomic E-state index is -0.508. The lowest BCUT2D eigenvalue weighted by Gasteiger charge is -2.10. The summed E-state index contributed by atoms with van der Waals surface area (Å²) in [5.41, 5.74) is 2.45. The van der Waals surface area contributed by atoms with Crippen LogP contribution in [0.15, 0.2) is 35.0 Å². The summed E-state index contributed by atoms with van der Waals surface area (Å²) in [7, 11) is 0. The van der Waals surface area contributed by atoms with Crippen molar-refractivity contribution in [3.8, 4) is 0 Å². The summed E-state index contributed by atoms with van der Waals surface area (Å²) in [6, 6.07) is 7.09. The van der Waals surface area contributed by atoms with Crippen LogP contribution in [0.5, 0.6) is 0 Å². The zero-order chi connectivity index (χ0) is 13.0. The monoisotopic (exact) mass is 265 g/mol. The number of aliphatic hydroxyl groups excluding tert-OH is 1. The van der Waals surface area contributed by atoms with Crippen LogP contribution in [0.3, 0.4) is 0 Å². The normalized spacial score (nSPS) is 12.6. The highest BCUT2D eigenvalue weighted by molar-refractivity contribution is 7.07. The van der Waals surface area contributed by atoms with Gasteiger partial charge in [-0.3, -0.25) is 0 Å². The van der Waals surface area contributed by atoms with Crippen molar-refractivity contribution < 1.29 is 9.50 Å². The molecule has 1 aromatic heterocycles. The fraction of sp³-hybridized carbons (Fsp3) is 0.286. The van der Waals surface area contributed by atoms with Gasteiger partial charge < -0.3 is 10.4 Å². The molecule has 0 saturated carbocycles. The van der Waals surface area contributed by atoms with Gasteiger partial charge in [0.15, 0.2) is 0 Å². The van der Waals surface area contributed by atoms with Crippen molar-refractivity contribution in [2.75, 3.05) is 6.54 Å². The lowest BCUT2D eigenvalue weighted by atomic mass is 10.1. The highest BCUT2D eigenvalue weighted by Crippen LogP contribution is 2.15. The maximum absolute atomic E-state index is 13.3. The lowest BCUT2D eigenvalue weighted by molar-refractivity contribution is 0.175. The van der Waals surface area contributed by atoms with Crippen LogP contribution in [0.4, 0.5) is 4.39 Å². The predicted molar refractivity (Wildman–Crippen MR) is 72.1 cm³/mol.